The second-order valence-corrected chi connectivity index (χ2v) is 8.98. The van der Waals surface area contributed by atoms with E-state index in [2.05, 4.69) is 4.72 Å². The molecule has 0 bridgehead atoms. The van der Waals surface area contributed by atoms with Gasteiger partial charge >= 0.3 is 0 Å². The molecule has 1 amide bonds. The highest BCUT2D eigenvalue weighted by molar-refractivity contribution is 7.92. The van der Waals surface area contributed by atoms with E-state index in [1.807, 2.05) is 20.8 Å². The minimum absolute atomic E-state index is 0.180. The van der Waals surface area contributed by atoms with E-state index in [0.29, 0.717) is 16.7 Å². The molecule has 0 saturated heterocycles. The van der Waals surface area contributed by atoms with Crippen LogP contribution in [0.4, 0.5) is 5.69 Å². The third kappa shape index (κ3) is 3.96. The highest BCUT2D eigenvalue weighted by Crippen LogP contribution is 2.32. The van der Waals surface area contributed by atoms with Gasteiger partial charge in [-0.15, -0.1) is 0 Å². The van der Waals surface area contributed by atoms with Crippen LogP contribution in [0.3, 0.4) is 0 Å². The molecule has 0 radical (unpaired) electrons. The summed E-state index contributed by atoms with van der Waals surface area (Å²) in [6, 6.07) is 4.54. The second kappa shape index (κ2) is 7.52. The standard InChI is InChI=1S/C20H25ClN2O3S/c1-11-12(2)14(4)19(15(5)13(11)3)27(25,26)22-18-10-16(8-9-17(18)21)20(24)23(6)7/h8-10,22H,1-7H3. The lowest BCUT2D eigenvalue weighted by atomic mass is 9.95. The van der Waals surface area contributed by atoms with Crippen molar-refractivity contribution in [3.63, 3.8) is 0 Å². The van der Waals surface area contributed by atoms with E-state index in [1.165, 1.54) is 17.0 Å². The molecule has 0 unspecified atom stereocenters. The number of amides is 1. The van der Waals surface area contributed by atoms with E-state index in [1.54, 1.807) is 34.0 Å². The largest absolute Gasteiger partial charge is 0.345 e. The molecule has 146 valence electrons. The van der Waals surface area contributed by atoms with Gasteiger partial charge in [-0.2, -0.15) is 0 Å². The first kappa shape index (κ1) is 21.3. The summed E-state index contributed by atoms with van der Waals surface area (Å²) in [5.41, 5.74) is 4.92. The summed E-state index contributed by atoms with van der Waals surface area (Å²) < 4.78 is 28.9. The Bertz CT molecular complexity index is 999. The molecule has 0 aliphatic rings. The fraction of sp³-hybridized carbons (Fsp3) is 0.350. The van der Waals surface area contributed by atoms with Crippen molar-refractivity contribution in [3.8, 4) is 0 Å². The van der Waals surface area contributed by atoms with Crippen LogP contribution in [0.25, 0.3) is 0 Å². The van der Waals surface area contributed by atoms with E-state index < -0.39 is 10.0 Å². The molecule has 0 aromatic heterocycles. The predicted octanol–water partition coefficient (Wildman–Crippen LogP) is 4.38. The Labute approximate surface area is 166 Å². The van der Waals surface area contributed by atoms with Gasteiger partial charge in [0.1, 0.15) is 0 Å². The molecule has 0 heterocycles. The van der Waals surface area contributed by atoms with Crippen LogP contribution in [0.1, 0.15) is 38.2 Å². The lowest BCUT2D eigenvalue weighted by Gasteiger charge is -2.20. The van der Waals surface area contributed by atoms with Crippen molar-refractivity contribution in [2.45, 2.75) is 39.5 Å². The van der Waals surface area contributed by atoms with Crippen molar-refractivity contribution in [3.05, 3.63) is 56.6 Å². The highest BCUT2D eigenvalue weighted by Gasteiger charge is 2.25. The molecule has 0 aliphatic heterocycles. The molecule has 0 aliphatic carbocycles. The van der Waals surface area contributed by atoms with Gasteiger partial charge in [0.25, 0.3) is 15.9 Å². The molecule has 27 heavy (non-hydrogen) atoms. The first-order valence-electron chi connectivity index (χ1n) is 8.49. The average molecular weight is 409 g/mol. The molecular formula is C20H25ClN2O3S. The Hall–Kier alpha value is -2.05. The minimum Gasteiger partial charge on any atom is -0.345 e. The van der Waals surface area contributed by atoms with Crippen molar-refractivity contribution in [2.75, 3.05) is 18.8 Å². The zero-order valence-corrected chi connectivity index (χ0v) is 18.3. The summed E-state index contributed by atoms with van der Waals surface area (Å²) in [6.07, 6.45) is 0. The molecule has 0 atom stereocenters. The minimum atomic E-state index is -3.88. The number of rotatable bonds is 4. The zero-order chi connectivity index (χ0) is 20.7. The van der Waals surface area contributed by atoms with Gasteiger partial charge in [0.05, 0.1) is 15.6 Å². The van der Waals surface area contributed by atoms with Gasteiger partial charge in [-0.25, -0.2) is 8.42 Å². The Morgan fingerprint density at radius 1 is 0.926 bits per heavy atom. The van der Waals surface area contributed by atoms with Crippen molar-refractivity contribution >= 4 is 33.2 Å². The molecule has 2 rings (SSSR count). The number of benzene rings is 2. The smallest absolute Gasteiger partial charge is 0.262 e. The number of nitrogens with one attached hydrogen (secondary N) is 1. The van der Waals surface area contributed by atoms with Crippen molar-refractivity contribution in [1.82, 2.24) is 4.90 Å². The topological polar surface area (TPSA) is 66.5 Å². The number of anilines is 1. The number of hydrogen-bond donors (Lipinski definition) is 1. The van der Waals surface area contributed by atoms with Gasteiger partial charge in [0.15, 0.2) is 0 Å². The molecule has 0 spiro atoms. The van der Waals surface area contributed by atoms with Gasteiger partial charge in [-0.1, -0.05) is 11.6 Å². The Morgan fingerprint density at radius 2 is 1.41 bits per heavy atom. The fourth-order valence-corrected chi connectivity index (χ4v) is 4.95. The third-order valence-electron chi connectivity index (χ3n) is 5.06. The number of hydrogen-bond acceptors (Lipinski definition) is 3. The summed E-state index contributed by atoms with van der Waals surface area (Å²) >= 11 is 6.19. The van der Waals surface area contributed by atoms with E-state index in [9.17, 15) is 13.2 Å². The number of nitrogens with zero attached hydrogens (tertiary/aromatic N) is 1. The van der Waals surface area contributed by atoms with E-state index in [-0.39, 0.29) is 21.5 Å². The normalized spacial score (nSPS) is 11.4. The lowest BCUT2D eigenvalue weighted by molar-refractivity contribution is 0.0827. The highest BCUT2D eigenvalue weighted by atomic mass is 35.5. The van der Waals surface area contributed by atoms with Crippen LogP contribution in [-0.2, 0) is 10.0 Å². The number of carbonyl (C=O) groups excluding carboxylic acids is 1. The van der Waals surface area contributed by atoms with Gasteiger partial charge in [-0.3, -0.25) is 9.52 Å². The fourth-order valence-electron chi connectivity index (χ4n) is 3.06. The van der Waals surface area contributed by atoms with E-state index in [0.717, 1.165) is 16.7 Å². The number of halogens is 1. The SMILES string of the molecule is Cc1c(C)c(C)c(S(=O)(=O)Nc2cc(C(=O)N(C)C)ccc2Cl)c(C)c1C. The first-order valence-corrected chi connectivity index (χ1v) is 10.4. The van der Waals surface area contributed by atoms with Gasteiger partial charge in [0, 0.05) is 19.7 Å². The molecule has 0 saturated carbocycles. The third-order valence-corrected chi connectivity index (χ3v) is 7.03. The van der Waals surface area contributed by atoms with Crippen molar-refractivity contribution in [2.24, 2.45) is 0 Å². The molecule has 5 nitrogen and oxygen atoms in total. The molecule has 2 aromatic carbocycles. The van der Waals surface area contributed by atoms with Crippen LogP contribution in [0.2, 0.25) is 5.02 Å². The first-order chi connectivity index (χ1) is 12.4. The summed E-state index contributed by atoms with van der Waals surface area (Å²) in [4.78, 5) is 13.9. The maximum Gasteiger partial charge on any atom is 0.262 e. The number of sulfonamides is 1. The average Bonchev–Trinajstić information content (AvgIpc) is 2.59. The zero-order valence-electron chi connectivity index (χ0n) is 16.7. The Morgan fingerprint density at radius 3 is 1.89 bits per heavy atom. The quantitative estimate of drug-likeness (QED) is 0.816. The Kier molecular flexibility index (Phi) is 5.92. The maximum absolute atomic E-state index is 13.2. The van der Waals surface area contributed by atoms with Crippen LogP contribution >= 0.6 is 11.6 Å². The van der Waals surface area contributed by atoms with Crippen molar-refractivity contribution < 1.29 is 13.2 Å². The van der Waals surface area contributed by atoms with Gasteiger partial charge in [-0.05, 0) is 80.6 Å². The lowest BCUT2D eigenvalue weighted by Crippen LogP contribution is -2.22. The summed E-state index contributed by atoms with van der Waals surface area (Å²) in [6.45, 7) is 9.43. The summed E-state index contributed by atoms with van der Waals surface area (Å²) in [5, 5.41) is 0.227. The monoisotopic (exact) mass is 408 g/mol. The summed E-state index contributed by atoms with van der Waals surface area (Å²) in [7, 11) is -0.620. The van der Waals surface area contributed by atoms with E-state index >= 15 is 0 Å². The summed E-state index contributed by atoms with van der Waals surface area (Å²) in [5.74, 6) is -0.235. The molecular weight excluding hydrogens is 384 g/mol. The molecule has 0 fully saturated rings. The van der Waals surface area contributed by atoms with Crippen LogP contribution in [0.15, 0.2) is 23.1 Å². The molecule has 7 heteroatoms. The predicted molar refractivity (Wildman–Crippen MR) is 110 cm³/mol. The maximum atomic E-state index is 13.2. The second-order valence-electron chi connectivity index (χ2n) is 6.95. The van der Waals surface area contributed by atoms with Gasteiger partial charge < -0.3 is 4.90 Å². The Balaban J connectivity index is 2.59. The van der Waals surface area contributed by atoms with Gasteiger partial charge in [0.2, 0.25) is 0 Å². The van der Waals surface area contributed by atoms with E-state index in [4.69, 9.17) is 11.6 Å². The van der Waals surface area contributed by atoms with Crippen LogP contribution in [0.5, 0.6) is 0 Å². The van der Waals surface area contributed by atoms with Crippen LogP contribution < -0.4 is 4.72 Å². The van der Waals surface area contributed by atoms with Crippen molar-refractivity contribution in [1.29, 1.82) is 0 Å². The molecule has 2 aromatic rings. The van der Waals surface area contributed by atoms with Crippen LogP contribution in [-0.4, -0.2) is 33.3 Å². The van der Waals surface area contributed by atoms with Crippen LogP contribution in [0, 0.1) is 34.6 Å². The number of carbonyl (C=O) groups is 1. The molecule has 1 N–H and O–H groups in total.